The van der Waals surface area contributed by atoms with Crippen LogP contribution >= 0.6 is 0 Å². The fourth-order valence-corrected chi connectivity index (χ4v) is 2.94. The Morgan fingerprint density at radius 3 is 2.41 bits per heavy atom. The van der Waals surface area contributed by atoms with Crippen LogP contribution in [0.5, 0.6) is 0 Å². The summed E-state index contributed by atoms with van der Waals surface area (Å²) in [6.45, 7) is 2.49. The molecule has 0 aromatic heterocycles. The van der Waals surface area contributed by atoms with Crippen LogP contribution in [0.25, 0.3) is 0 Å². The van der Waals surface area contributed by atoms with Crippen LogP contribution in [0.4, 0.5) is 0 Å². The van der Waals surface area contributed by atoms with E-state index in [1.54, 1.807) is 14.2 Å². The lowest BCUT2D eigenvalue weighted by molar-refractivity contribution is -0.0460. The monoisotopic (exact) mass is 309 g/mol. The normalized spacial score (nSPS) is 38.6. The second kappa shape index (κ2) is 9.25. The fourth-order valence-electron chi connectivity index (χ4n) is 2.94. The lowest BCUT2D eigenvalue weighted by atomic mass is 9.96. The van der Waals surface area contributed by atoms with Gasteiger partial charge in [0.1, 0.15) is 21.8 Å². The molecular weight excluding hydrogens is 284 g/mol. The summed E-state index contributed by atoms with van der Waals surface area (Å²) in [6, 6.07) is -0.506. The number of hydrogen-bond donors (Lipinski definition) is 1. The van der Waals surface area contributed by atoms with Crippen LogP contribution < -0.4 is 5.32 Å². The van der Waals surface area contributed by atoms with Crippen molar-refractivity contribution in [2.75, 3.05) is 40.5 Å². The Labute approximate surface area is 135 Å². The largest absolute Gasteiger partial charge is 0.382 e. The summed E-state index contributed by atoms with van der Waals surface area (Å²) in [5.74, 6) is 0. The van der Waals surface area contributed by atoms with Crippen molar-refractivity contribution in [1.29, 1.82) is 0 Å². The molecule has 2 saturated heterocycles. The quantitative estimate of drug-likeness (QED) is 0.444. The van der Waals surface area contributed by atoms with Gasteiger partial charge in [-0.05, 0) is 12.8 Å². The third kappa shape index (κ3) is 5.22. The third-order valence-corrected chi connectivity index (χ3v) is 4.05. The Balaban J connectivity index is 1.59. The number of methoxy groups -OCH3 is 2. The topological polar surface area (TPSA) is 58.2 Å². The van der Waals surface area contributed by atoms with Crippen molar-refractivity contribution >= 4 is 15.7 Å². The molecule has 1 N–H and O–H groups in total. The first-order valence-corrected chi connectivity index (χ1v) is 7.80. The van der Waals surface area contributed by atoms with Gasteiger partial charge >= 0.3 is 0 Å². The van der Waals surface area contributed by atoms with Crippen molar-refractivity contribution in [2.45, 2.75) is 49.3 Å². The maximum Gasteiger partial charge on any atom is 0.109 e. The third-order valence-electron chi connectivity index (χ3n) is 4.05. The van der Waals surface area contributed by atoms with Gasteiger partial charge in [-0.2, -0.15) is 0 Å². The van der Waals surface area contributed by atoms with E-state index in [9.17, 15) is 0 Å². The summed E-state index contributed by atoms with van der Waals surface area (Å²) < 4.78 is 27.5. The number of rotatable bonds is 9. The second-order valence-electron chi connectivity index (χ2n) is 5.74. The van der Waals surface area contributed by atoms with Crippen molar-refractivity contribution in [3.05, 3.63) is 0 Å². The minimum absolute atomic E-state index is 0.00974. The standard InChI is InChI=1S/C14H25B2NO5/c1-18-8-12-10(6-14(16)22-12)20-4-3-17-7-11-9(19-2)5-13(15)21-11/h9-14,17H,3-8H2,1-2H3/t9?,10?,11-,12-,13-,14-/m1/s1. The Bertz CT molecular complexity index is 326. The zero-order valence-electron chi connectivity index (χ0n) is 13.4. The molecule has 0 aromatic rings. The van der Waals surface area contributed by atoms with E-state index in [2.05, 4.69) is 5.32 Å². The van der Waals surface area contributed by atoms with Gasteiger partial charge in [-0.15, -0.1) is 0 Å². The predicted octanol–water partition coefficient (Wildman–Crippen LogP) is -0.810. The maximum atomic E-state index is 5.83. The van der Waals surface area contributed by atoms with E-state index in [-0.39, 0.29) is 36.4 Å². The van der Waals surface area contributed by atoms with Crippen LogP contribution in [0.1, 0.15) is 12.8 Å². The highest BCUT2D eigenvalue weighted by atomic mass is 16.6. The van der Waals surface area contributed by atoms with E-state index in [1.807, 2.05) is 0 Å². The maximum absolute atomic E-state index is 5.83. The Morgan fingerprint density at radius 2 is 1.73 bits per heavy atom. The summed E-state index contributed by atoms with van der Waals surface area (Å²) in [5.41, 5.74) is 0. The fraction of sp³-hybridized carbons (Fsp3) is 1.00. The Morgan fingerprint density at radius 1 is 1.05 bits per heavy atom. The molecule has 2 unspecified atom stereocenters. The number of ether oxygens (including phenoxy) is 5. The lowest BCUT2D eigenvalue weighted by Crippen LogP contribution is -2.37. The van der Waals surface area contributed by atoms with E-state index in [1.165, 1.54) is 0 Å². The summed E-state index contributed by atoms with van der Waals surface area (Å²) in [4.78, 5) is 0. The first-order chi connectivity index (χ1) is 10.6. The molecular formula is C14H25B2NO5. The predicted molar refractivity (Wildman–Crippen MR) is 83.3 cm³/mol. The van der Waals surface area contributed by atoms with Gasteiger partial charge in [0.2, 0.25) is 0 Å². The van der Waals surface area contributed by atoms with Gasteiger partial charge in [0.05, 0.1) is 31.5 Å². The highest BCUT2D eigenvalue weighted by Crippen LogP contribution is 2.22. The molecule has 2 fully saturated rings. The highest BCUT2D eigenvalue weighted by Gasteiger charge is 2.34. The molecule has 2 rings (SSSR count). The van der Waals surface area contributed by atoms with Crippen LogP contribution in [0.2, 0.25) is 0 Å². The van der Waals surface area contributed by atoms with Gasteiger partial charge in [-0.25, -0.2) is 0 Å². The Hall–Kier alpha value is -0.110. The zero-order valence-corrected chi connectivity index (χ0v) is 13.4. The molecule has 0 saturated carbocycles. The lowest BCUT2D eigenvalue weighted by Gasteiger charge is -2.20. The molecule has 122 valence electrons. The van der Waals surface area contributed by atoms with Gasteiger partial charge in [-0.3, -0.25) is 0 Å². The molecule has 22 heavy (non-hydrogen) atoms. The first-order valence-electron chi connectivity index (χ1n) is 7.80. The van der Waals surface area contributed by atoms with Crippen molar-refractivity contribution < 1.29 is 23.7 Å². The summed E-state index contributed by atoms with van der Waals surface area (Å²) in [7, 11) is 14.9. The van der Waals surface area contributed by atoms with Crippen molar-refractivity contribution in [3.63, 3.8) is 0 Å². The number of hydrogen-bond acceptors (Lipinski definition) is 6. The summed E-state index contributed by atoms with van der Waals surface area (Å²) >= 11 is 0. The molecule has 6 atom stereocenters. The van der Waals surface area contributed by atoms with Gasteiger partial charge in [0, 0.05) is 39.3 Å². The van der Waals surface area contributed by atoms with Gasteiger partial charge in [-0.1, -0.05) is 0 Å². The van der Waals surface area contributed by atoms with Gasteiger partial charge < -0.3 is 29.0 Å². The molecule has 2 aliphatic heterocycles. The van der Waals surface area contributed by atoms with Crippen LogP contribution in [0.15, 0.2) is 0 Å². The van der Waals surface area contributed by atoms with E-state index in [0.717, 1.165) is 13.0 Å². The highest BCUT2D eigenvalue weighted by molar-refractivity contribution is 6.11. The summed E-state index contributed by atoms with van der Waals surface area (Å²) in [5, 5.41) is 3.31. The zero-order chi connectivity index (χ0) is 15.9. The van der Waals surface area contributed by atoms with E-state index in [0.29, 0.717) is 26.2 Å². The molecule has 0 bridgehead atoms. The van der Waals surface area contributed by atoms with Crippen LogP contribution in [0.3, 0.4) is 0 Å². The molecule has 2 aliphatic rings. The molecule has 8 heteroatoms. The molecule has 4 radical (unpaired) electrons. The average Bonchev–Trinajstić information content (AvgIpc) is 3.01. The van der Waals surface area contributed by atoms with Crippen LogP contribution in [-0.2, 0) is 23.7 Å². The SMILES string of the molecule is [B][C@H]1CC(OC)[C@@H](CNCCOC2C[C@H]([B])O[C@@H]2COC)O1. The van der Waals surface area contributed by atoms with E-state index in [4.69, 9.17) is 39.4 Å². The van der Waals surface area contributed by atoms with Crippen molar-refractivity contribution in [3.8, 4) is 0 Å². The summed E-state index contributed by atoms with van der Waals surface area (Å²) in [6.07, 6.45) is 1.37. The minimum Gasteiger partial charge on any atom is -0.382 e. The Kier molecular flexibility index (Phi) is 7.67. The van der Waals surface area contributed by atoms with Crippen molar-refractivity contribution in [2.24, 2.45) is 0 Å². The molecule has 0 aliphatic carbocycles. The second-order valence-corrected chi connectivity index (χ2v) is 5.74. The van der Waals surface area contributed by atoms with Crippen LogP contribution in [0, 0.1) is 0 Å². The smallest absolute Gasteiger partial charge is 0.109 e. The molecule has 6 nitrogen and oxygen atoms in total. The molecule has 0 amide bonds. The molecule has 0 aromatic carbocycles. The molecule has 0 spiro atoms. The minimum atomic E-state index is -0.269. The van der Waals surface area contributed by atoms with Crippen LogP contribution in [-0.4, -0.2) is 92.6 Å². The van der Waals surface area contributed by atoms with Gasteiger partial charge in [0.15, 0.2) is 0 Å². The van der Waals surface area contributed by atoms with E-state index >= 15 is 0 Å². The van der Waals surface area contributed by atoms with Crippen molar-refractivity contribution in [1.82, 2.24) is 5.32 Å². The van der Waals surface area contributed by atoms with Gasteiger partial charge in [0.25, 0.3) is 0 Å². The van der Waals surface area contributed by atoms with E-state index < -0.39 is 0 Å². The average molecular weight is 309 g/mol. The number of nitrogens with one attached hydrogen (secondary N) is 1. The first kappa shape index (κ1) is 18.2. The molecule has 2 heterocycles.